The minimum Gasteiger partial charge on any atom is -0.346 e. The van der Waals surface area contributed by atoms with Gasteiger partial charge in [-0.2, -0.15) is 0 Å². The van der Waals surface area contributed by atoms with Crippen LogP contribution >= 0.6 is 11.6 Å². The van der Waals surface area contributed by atoms with Gasteiger partial charge >= 0.3 is 0 Å². The molecule has 4 heteroatoms. The van der Waals surface area contributed by atoms with Crippen LogP contribution < -0.4 is 5.32 Å². The third kappa shape index (κ3) is 3.55. The molecule has 0 aliphatic heterocycles. The van der Waals surface area contributed by atoms with Gasteiger partial charge in [-0.1, -0.05) is 41.9 Å². The first-order chi connectivity index (χ1) is 9.06. The summed E-state index contributed by atoms with van der Waals surface area (Å²) >= 11 is 5.86. The quantitative estimate of drug-likeness (QED) is 0.870. The number of amides is 1. The lowest BCUT2D eigenvalue weighted by Crippen LogP contribution is -2.26. The Bertz CT molecular complexity index is 564. The van der Waals surface area contributed by atoms with E-state index >= 15 is 0 Å². The Morgan fingerprint density at radius 3 is 2.58 bits per heavy atom. The molecule has 2 aromatic rings. The van der Waals surface area contributed by atoms with Crippen LogP contribution in [-0.2, 0) is 0 Å². The van der Waals surface area contributed by atoms with Crippen molar-refractivity contribution in [1.29, 1.82) is 0 Å². The molecule has 0 spiro atoms. The molecular formula is C15H15ClN2O. The van der Waals surface area contributed by atoms with Crippen molar-refractivity contribution in [2.75, 3.05) is 0 Å². The second kappa shape index (κ2) is 5.85. The van der Waals surface area contributed by atoms with Crippen LogP contribution in [0.5, 0.6) is 0 Å². The van der Waals surface area contributed by atoms with Crippen LogP contribution in [0.1, 0.15) is 34.6 Å². The molecule has 0 saturated carbocycles. The smallest absolute Gasteiger partial charge is 0.251 e. The summed E-state index contributed by atoms with van der Waals surface area (Å²) in [4.78, 5) is 16.2. The number of carbonyl (C=O) groups is 1. The van der Waals surface area contributed by atoms with Gasteiger partial charge in [0.05, 0.1) is 6.04 Å². The molecule has 0 unspecified atom stereocenters. The fourth-order valence-corrected chi connectivity index (χ4v) is 2.12. The van der Waals surface area contributed by atoms with Gasteiger partial charge in [-0.25, -0.2) is 4.98 Å². The highest BCUT2D eigenvalue weighted by atomic mass is 35.5. The third-order valence-corrected chi connectivity index (χ3v) is 3.03. The van der Waals surface area contributed by atoms with Crippen LogP contribution in [0.3, 0.4) is 0 Å². The van der Waals surface area contributed by atoms with Gasteiger partial charge in [0, 0.05) is 11.3 Å². The predicted molar refractivity (Wildman–Crippen MR) is 76.3 cm³/mol. The fourth-order valence-electron chi connectivity index (χ4n) is 1.86. The number of hydrogen-bond donors (Lipinski definition) is 1. The van der Waals surface area contributed by atoms with Crippen LogP contribution in [0.25, 0.3) is 0 Å². The molecule has 0 radical (unpaired) electrons. The highest BCUT2D eigenvalue weighted by Crippen LogP contribution is 2.14. The Balaban J connectivity index is 2.13. The number of pyridine rings is 1. The molecule has 2 rings (SSSR count). The molecule has 19 heavy (non-hydrogen) atoms. The normalized spacial score (nSPS) is 11.9. The summed E-state index contributed by atoms with van der Waals surface area (Å²) in [6, 6.07) is 13.0. The Labute approximate surface area is 117 Å². The number of halogens is 1. The molecule has 3 nitrogen and oxygen atoms in total. The van der Waals surface area contributed by atoms with E-state index in [-0.39, 0.29) is 11.9 Å². The van der Waals surface area contributed by atoms with Crippen molar-refractivity contribution in [3.05, 3.63) is 64.4 Å². The van der Waals surface area contributed by atoms with E-state index in [2.05, 4.69) is 10.3 Å². The molecule has 0 bridgehead atoms. The van der Waals surface area contributed by atoms with Gasteiger partial charge < -0.3 is 5.32 Å². The van der Waals surface area contributed by atoms with Crippen LogP contribution in [0.15, 0.2) is 42.5 Å². The van der Waals surface area contributed by atoms with Crippen molar-refractivity contribution in [2.24, 2.45) is 0 Å². The molecule has 1 aromatic carbocycles. The van der Waals surface area contributed by atoms with E-state index in [4.69, 9.17) is 11.6 Å². The Morgan fingerprint density at radius 2 is 1.95 bits per heavy atom. The first-order valence-electron chi connectivity index (χ1n) is 6.06. The van der Waals surface area contributed by atoms with Gasteiger partial charge in [0.2, 0.25) is 0 Å². The van der Waals surface area contributed by atoms with Crippen molar-refractivity contribution in [3.8, 4) is 0 Å². The van der Waals surface area contributed by atoms with Crippen LogP contribution in [0.2, 0.25) is 5.15 Å². The topological polar surface area (TPSA) is 42.0 Å². The first-order valence-corrected chi connectivity index (χ1v) is 6.44. The predicted octanol–water partition coefficient (Wildman–Crippen LogP) is 3.53. The molecular weight excluding hydrogens is 260 g/mol. The zero-order valence-electron chi connectivity index (χ0n) is 10.9. The van der Waals surface area contributed by atoms with E-state index in [1.165, 1.54) is 0 Å². The molecule has 1 heterocycles. The van der Waals surface area contributed by atoms with Crippen molar-refractivity contribution in [2.45, 2.75) is 19.9 Å². The summed E-state index contributed by atoms with van der Waals surface area (Å²) in [6.07, 6.45) is 0. The minimum atomic E-state index is -0.149. The van der Waals surface area contributed by atoms with Crippen molar-refractivity contribution < 1.29 is 4.79 Å². The number of benzene rings is 1. The van der Waals surface area contributed by atoms with Crippen molar-refractivity contribution in [1.82, 2.24) is 10.3 Å². The standard InChI is InChI=1S/C15H15ClN2O/c1-10-8-13(9-14(16)17-10)15(19)18-11(2)12-6-4-3-5-7-12/h3-9,11H,1-2H3,(H,18,19)/t11-/m1/s1. The van der Waals surface area contributed by atoms with E-state index in [1.54, 1.807) is 12.1 Å². The maximum atomic E-state index is 12.1. The van der Waals surface area contributed by atoms with E-state index in [0.717, 1.165) is 11.3 Å². The first kappa shape index (κ1) is 13.6. The van der Waals surface area contributed by atoms with Gasteiger partial charge in [0.25, 0.3) is 5.91 Å². The number of nitrogens with zero attached hydrogens (tertiary/aromatic N) is 1. The van der Waals surface area contributed by atoms with Crippen LogP contribution in [0.4, 0.5) is 0 Å². The zero-order valence-corrected chi connectivity index (χ0v) is 11.6. The van der Waals surface area contributed by atoms with E-state index in [9.17, 15) is 4.79 Å². The highest BCUT2D eigenvalue weighted by Gasteiger charge is 2.12. The lowest BCUT2D eigenvalue weighted by Gasteiger charge is -2.14. The van der Waals surface area contributed by atoms with E-state index in [1.807, 2.05) is 44.2 Å². The number of aryl methyl sites for hydroxylation is 1. The number of aromatic nitrogens is 1. The fraction of sp³-hybridized carbons (Fsp3) is 0.200. The largest absolute Gasteiger partial charge is 0.346 e. The molecule has 0 aliphatic carbocycles. The summed E-state index contributed by atoms with van der Waals surface area (Å²) in [5, 5.41) is 3.27. The second-order valence-corrected chi connectivity index (χ2v) is 4.81. The molecule has 0 saturated heterocycles. The second-order valence-electron chi connectivity index (χ2n) is 4.43. The summed E-state index contributed by atoms with van der Waals surface area (Å²) in [5.74, 6) is -0.149. The molecule has 1 amide bonds. The molecule has 1 atom stereocenters. The van der Waals surface area contributed by atoms with E-state index < -0.39 is 0 Å². The summed E-state index contributed by atoms with van der Waals surface area (Å²) in [5.41, 5.74) is 2.32. The van der Waals surface area contributed by atoms with Crippen molar-refractivity contribution in [3.63, 3.8) is 0 Å². The van der Waals surface area contributed by atoms with Gasteiger partial charge in [-0.3, -0.25) is 4.79 Å². The maximum Gasteiger partial charge on any atom is 0.251 e. The van der Waals surface area contributed by atoms with Crippen molar-refractivity contribution >= 4 is 17.5 Å². The van der Waals surface area contributed by atoms with Gasteiger partial charge in [0.15, 0.2) is 0 Å². The van der Waals surface area contributed by atoms with Gasteiger partial charge in [0.1, 0.15) is 5.15 Å². The molecule has 98 valence electrons. The monoisotopic (exact) mass is 274 g/mol. The summed E-state index contributed by atoms with van der Waals surface area (Å²) < 4.78 is 0. The summed E-state index contributed by atoms with van der Waals surface area (Å²) in [7, 11) is 0. The highest BCUT2D eigenvalue weighted by molar-refractivity contribution is 6.29. The number of nitrogens with one attached hydrogen (secondary N) is 1. The van der Waals surface area contributed by atoms with E-state index in [0.29, 0.717) is 10.7 Å². The SMILES string of the molecule is Cc1cc(C(=O)N[C@H](C)c2ccccc2)cc(Cl)n1. The lowest BCUT2D eigenvalue weighted by molar-refractivity contribution is 0.0939. The molecule has 1 aromatic heterocycles. The Kier molecular flexibility index (Phi) is 4.17. The van der Waals surface area contributed by atoms with Crippen LogP contribution in [0, 0.1) is 6.92 Å². The third-order valence-electron chi connectivity index (χ3n) is 2.83. The number of hydrogen-bond acceptors (Lipinski definition) is 2. The lowest BCUT2D eigenvalue weighted by atomic mass is 10.1. The number of rotatable bonds is 3. The molecule has 1 N–H and O–H groups in total. The van der Waals surface area contributed by atoms with Crippen LogP contribution in [-0.4, -0.2) is 10.9 Å². The Hall–Kier alpha value is -1.87. The van der Waals surface area contributed by atoms with Gasteiger partial charge in [-0.05, 0) is 31.5 Å². The average Bonchev–Trinajstić information content (AvgIpc) is 2.38. The number of carbonyl (C=O) groups excluding carboxylic acids is 1. The molecule has 0 aliphatic rings. The zero-order chi connectivity index (χ0) is 13.8. The maximum absolute atomic E-state index is 12.1. The minimum absolute atomic E-state index is 0.0547. The average molecular weight is 275 g/mol. The Morgan fingerprint density at radius 1 is 1.26 bits per heavy atom. The van der Waals surface area contributed by atoms with Gasteiger partial charge in [-0.15, -0.1) is 0 Å². The summed E-state index contributed by atoms with van der Waals surface area (Å²) in [6.45, 7) is 3.76. The molecule has 0 fully saturated rings.